The van der Waals surface area contributed by atoms with Crippen LogP contribution >= 0.6 is 0 Å². The molecule has 2 saturated carbocycles. The van der Waals surface area contributed by atoms with E-state index in [2.05, 4.69) is 38.0 Å². The molecule has 3 atom stereocenters. The first-order valence-corrected chi connectivity index (χ1v) is 7.65. The van der Waals surface area contributed by atoms with Gasteiger partial charge in [0.2, 0.25) is 5.91 Å². The molecule has 0 radical (unpaired) electrons. The number of carbonyl (C=O) groups excluding carboxylic acids is 1. The van der Waals surface area contributed by atoms with E-state index in [0.717, 1.165) is 25.2 Å². The van der Waals surface area contributed by atoms with Gasteiger partial charge >= 0.3 is 0 Å². The highest BCUT2D eigenvalue weighted by molar-refractivity contribution is 5.85. The quantitative estimate of drug-likeness (QED) is 0.766. The number of carbonyl (C=O) groups is 1. The number of nitrogens with two attached hydrogens (primary N) is 1. The molecule has 4 heteroatoms. The summed E-state index contributed by atoms with van der Waals surface area (Å²) < 4.78 is 0. The molecule has 2 fully saturated rings. The number of rotatable bonds is 6. The van der Waals surface area contributed by atoms with E-state index in [1.165, 1.54) is 12.8 Å². The third-order valence-electron chi connectivity index (χ3n) is 5.05. The Bertz CT molecular complexity index is 340. The van der Waals surface area contributed by atoms with Crippen molar-refractivity contribution in [3.05, 3.63) is 0 Å². The third kappa shape index (κ3) is 3.11. The van der Waals surface area contributed by atoms with Gasteiger partial charge in [0, 0.05) is 18.1 Å². The van der Waals surface area contributed by atoms with E-state index < -0.39 is 5.54 Å². The van der Waals surface area contributed by atoms with Gasteiger partial charge in [0.15, 0.2) is 0 Å². The van der Waals surface area contributed by atoms with E-state index in [1.54, 1.807) is 0 Å². The highest BCUT2D eigenvalue weighted by atomic mass is 16.1. The predicted molar refractivity (Wildman–Crippen MR) is 77.8 cm³/mol. The maximum atomic E-state index is 11.9. The van der Waals surface area contributed by atoms with Crippen LogP contribution in [-0.2, 0) is 4.79 Å². The van der Waals surface area contributed by atoms with E-state index in [4.69, 9.17) is 5.73 Å². The number of amides is 1. The van der Waals surface area contributed by atoms with Crippen LogP contribution in [0.2, 0.25) is 0 Å². The molecule has 0 saturated heterocycles. The highest BCUT2D eigenvalue weighted by Gasteiger charge is 2.46. The van der Waals surface area contributed by atoms with Crippen LogP contribution < -0.4 is 11.1 Å². The Hall–Kier alpha value is -0.610. The SMILES string of the molecule is CC(C)NC1(C(N)=O)CCC(N(C)C(C)C2CC2)C1. The fourth-order valence-electron chi connectivity index (χ4n) is 3.59. The lowest BCUT2D eigenvalue weighted by molar-refractivity contribution is -0.124. The Balaban J connectivity index is 2.01. The van der Waals surface area contributed by atoms with Gasteiger partial charge in [0.1, 0.15) is 0 Å². The summed E-state index contributed by atoms with van der Waals surface area (Å²) in [5, 5.41) is 3.42. The molecule has 2 aliphatic rings. The van der Waals surface area contributed by atoms with E-state index in [1.807, 2.05) is 0 Å². The molecule has 1 amide bonds. The summed E-state index contributed by atoms with van der Waals surface area (Å²) in [5.41, 5.74) is 5.18. The minimum atomic E-state index is -0.490. The molecule has 0 aromatic heterocycles. The predicted octanol–water partition coefficient (Wildman–Crippen LogP) is 1.49. The van der Waals surface area contributed by atoms with E-state index in [0.29, 0.717) is 12.1 Å². The molecular weight excluding hydrogens is 238 g/mol. The topological polar surface area (TPSA) is 58.4 Å². The van der Waals surface area contributed by atoms with Gasteiger partial charge in [-0.25, -0.2) is 0 Å². The van der Waals surface area contributed by atoms with Crippen LogP contribution in [0.4, 0.5) is 0 Å². The summed E-state index contributed by atoms with van der Waals surface area (Å²) >= 11 is 0. The van der Waals surface area contributed by atoms with E-state index >= 15 is 0 Å². The van der Waals surface area contributed by atoms with Crippen molar-refractivity contribution in [2.24, 2.45) is 11.7 Å². The van der Waals surface area contributed by atoms with Gasteiger partial charge in [-0.1, -0.05) is 0 Å². The second kappa shape index (κ2) is 5.41. The van der Waals surface area contributed by atoms with Crippen molar-refractivity contribution in [1.82, 2.24) is 10.2 Å². The summed E-state index contributed by atoms with van der Waals surface area (Å²) in [6.07, 6.45) is 5.52. The Morgan fingerprint density at radius 1 is 1.32 bits per heavy atom. The molecular formula is C15H29N3O. The minimum absolute atomic E-state index is 0.184. The molecule has 3 unspecified atom stereocenters. The summed E-state index contributed by atoms with van der Waals surface area (Å²) in [4.78, 5) is 14.4. The monoisotopic (exact) mass is 267 g/mol. The van der Waals surface area contributed by atoms with Crippen LogP contribution in [0.3, 0.4) is 0 Å². The number of hydrogen-bond donors (Lipinski definition) is 2. The summed E-state index contributed by atoms with van der Waals surface area (Å²) in [6, 6.07) is 1.40. The number of hydrogen-bond acceptors (Lipinski definition) is 3. The molecule has 2 rings (SSSR count). The van der Waals surface area contributed by atoms with Crippen molar-refractivity contribution in [3.63, 3.8) is 0 Å². The van der Waals surface area contributed by atoms with Crippen LogP contribution in [0.1, 0.15) is 52.9 Å². The van der Waals surface area contributed by atoms with Gasteiger partial charge in [-0.2, -0.15) is 0 Å². The van der Waals surface area contributed by atoms with Crippen molar-refractivity contribution in [2.75, 3.05) is 7.05 Å². The minimum Gasteiger partial charge on any atom is -0.368 e. The van der Waals surface area contributed by atoms with Crippen LogP contribution in [-0.4, -0.2) is 41.5 Å². The lowest BCUT2D eigenvalue weighted by atomic mass is 9.95. The van der Waals surface area contributed by atoms with E-state index in [9.17, 15) is 4.79 Å². The average Bonchev–Trinajstić information content (AvgIpc) is 3.08. The van der Waals surface area contributed by atoms with Crippen molar-refractivity contribution < 1.29 is 4.79 Å². The molecule has 0 aliphatic heterocycles. The second-order valence-electron chi connectivity index (χ2n) is 6.89. The zero-order valence-corrected chi connectivity index (χ0v) is 12.8. The maximum Gasteiger partial charge on any atom is 0.237 e. The molecule has 4 nitrogen and oxygen atoms in total. The van der Waals surface area contributed by atoms with Crippen molar-refractivity contribution in [1.29, 1.82) is 0 Å². The Kier molecular flexibility index (Phi) is 4.21. The number of nitrogens with one attached hydrogen (secondary N) is 1. The molecule has 0 spiro atoms. The summed E-state index contributed by atoms with van der Waals surface area (Å²) in [7, 11) is 2.21. The lowest BCUT2D eigenvalue weighted by Gasteiger charge is -2.34. The molecule has 0 aromatic rings. The zero-order valence-electron chi connectivity index (χ0n) is 12.8. The molecule has 0 aromatic carbocycles. The van der Waals surface area contributed by atoms with Crippen LogP contribution in [0.15, 0.2) is 0 Å². The fourth-order valence-corrected chi connectivity index (χ4v) is 3.59. The smallest absolute Gasteiger partial charge is 0.237 e. The van der Waals surface area contributed by atoms with Gasteiger partial charge in [0.25, 0.3) is 0 Å². The number of nitrogens with zero attached hydrogens (tertiary/aromatic N) is 1. The first kappa shape index (κ1) is 14.8. The van der Waals surface area contributed by atoms with Gasteiger partial charge in [0.05, 0.1) is 5.54 Å². The average molecular weight is 267 g/mol. The molecule has 19 heavy (non-hydrogen) atoms. The van der Waals surface area contributed by atoms with Crippen molar-refractivity contribution in [2.45, 2.75) is 76.5 Å². The van der Waals surface area contributed by atoms with Gasteiger partial charge in [-0.15, -0.1) is 0 Å². The number of primary amides is 1. The lowest BCUT2D eigenvalue weighted by Crippen LogP contribution is -2.57. The van der Waals surface area contributed by atoms with Crippen molar-refractivity contribution in [3.8, 4) is 0 Å². The van der Waals surface area contributed by atoms with Crippen LogP contribution in [0.25, 0.3) is 0 Å². The molecule has 3 N–H and O–H groups in total. The van der Waals surface area contributed by atoms with Gasteiger partial charge in [-0.3, -0.25) is 4.79 Å². The van der Waals surface area contributed by atoms with E-state index in [-0.39, 0.29) is 11.9 Å². The first-order valence-electron chi connectivity index (χ1n) is 7.65. The third-order valence-corrected chi connectivity index (χ3v) is 5.05. The summed E-state index contributed by atoms with van der Waals surface area (Å²) in [5.74, 6) is 0.683. The molecule has 110 valence electrons. The largest absolute Gasteiger partial charge is 0.368 e. The highest BCUT2D eigenvalue weighted by Crippen LogP contribution is 2.39. The zero-order chi connectivity index (χ0) is 14.2. The van der Waals surface area contributed by atoms with Crippen LogP contribution in [0.5, 0.6) is 0 Å². The summed E-state index contributed by atoms with van der Waals surface area (Å²) in [6.45, 7) is 6.47. The van der Waals surface area contributed by atoms with Gasteiger partial charge in [-0.05, 0) is 65.8 Å². The standard InChI is InChI=1S/C15H29N3O/c1-10(2)17-15(14(16)19)8-7-13(9-15)18(4)11(3)12-5-6-12/h10-13,17H,5-9H2,1-4H3,(H2,16,19). The first-order chi connectivity index (χ1) is 8.85. The second-order valence-corrected chi connectivity index (χ2v) is 6.89. The van der Waals surface area contributed by atoms with Crippen LogP contribution in [0, 0.1) is 5.92 Å². The molecule has 0 bridgehead atoms. The molecule has 2 aliphatic carbocycles. The normalized spacial score (nSPS) is 33.1. The maximum absolute atomic E-state index is 11.9. The Labute approximate surface area is 117 Å². The van der Waals surface area contributed by atoms with Crippen molar-refractivity contribution >= 4 is 5.91 Å². The molecule has 0 heterocycles. The Morgan fingerprint density at radius 3 is 2.42 bits per heavy atom. The van der Waals surface area contributed by atoms with Gasteiger partial charge < -0.3 is 16.0 Å². The Morgan fingerprint density at radius 2 is 1.95 bits per heavy atom. The fraction of sp³-hybridized carbons (Fsp3) is 0.933.